The van der Waals surface area contributed by atoms with Crippen molar-refractivity contribution in [3.8, 4) is 17.2 Å². The Labute approximate surface area is 224 Å². The van der Waals surface area contributed by atoms with Gasteiger partial charge < -0.3 is 35.7 Å². The number of nitrogens with one attached hydrogen (secondary N) is 3. The number of hydrogen-bond donors (Lipinski definition) is 5. The number of ether oxygens (including phenoxy) is 2. The second kappa shape index (κ2) is 12.2. The van der Waals surface area contributed by atoms with Crippen LogP contribution in [0.4, 0.5) is 29.0 Å². The molecular formula is C27H27N7O5. The lowest BCUT2D eigenvalue weighted by Gasteiger charge is -2.22. The van der Waals surface area contributed by atoms with Gasteiger partial charge >= 0.3 is 5.97 Å². The van der Waals surface area contributed by atoms with Crippen molar-refractivity contribution in [2.75, 3.05) is 36.3 Å². The topological polar surface area (TPSA) is 166 Å². The quantitative estimate of drug-likeness (QED) is 0.167. The van der Waals surface area contributed by atoms with Gasteiger partial charge in [0.1, 0.15) is 12.9 Å². The highest BCUT2D eigenvalue weighted by molar-refractivity contribution is 5.89. The second-order valence-electron chi connectivity index (χ2n) is 8.20. The van der Waals surface area contributed by atoms with Gasteiger partial charge in [-0.2, -0.15) is 4.98 Å². The van der Waals surface area contributed by atoms with Crippen LogP contribution < -0.4 is 25.0 Å². The van der Waals surface area contributed by atoms with E-state index in [2.05, 4.69) is 25.6 Å². The number of methoxy groups -OCH3 is 2. The molecule has 0 bridgehead atoms. The van der Waals surface area contributed by atoms with Gasteiger partial charge in [-0.15, -0.1) is 0 Å². The molecule has 200 valence electrons. The lowest BCUT2D eigenvalue weighted by molar-refractivity contribution is -0.135. The molecule has 0 spiro atoms. The molecular weight excluding hydrogens is 502 g/mol. The van der Waals surface area contributed by atoms with Gasteiger partial charge in [0.25, 0.3) is 0 Å². The molecule has 0 aliphatic carbocycles. The molecule has 4 aromatic rings. The van der Waals surface area contributed by atoms with Crippen molar-refractivity contribution in [2.24, 2.45) is 0 Å². The summed E-state index contributed by atoms with van der Waals surface area (Å²) in [6, 6.07) is 18.0. The van der Waals surface area contributed by atoms with Crippen LogP contribution in [0.25, 0.3) is 0 Å². The van der Waals surface area contributed by atoms with Gasteiger partial charge in [0.05, 0.1) is 14.2 Å². The minimum Gasteiger partial charge on any atom is -0.504 e. The Bertz CT molecular complexity index is 1470. The zero-order valence-electron chi connectivity index (χ0n) is 21.3. The summed E-state index contributed by atoms with van der Waals surface area (Å²) in [7, 11) is 2.85. The first-order valence-corrected chi connectivity index (χ1v) is 11.7. The minimum atomic E-state index is -1.10. The Morgan fingerprint density at radius 2 is 1.87 bits per heavy atom. The summed E-state index contributed by atoms with van der Waals surface area (Å²) in [5, 5.41) is 34.0. The van der Waals surface area contributed by atoms with Crippen molar-refractivity contribution < 1.29 is 24.5 Å². The Balaban J connectivity index is 1.62. The third kappa shape index (κ3) is 6.49. The first kappa shape index (κ1) is 26.7. The number of aliphatic carboxylic acids is 1. The molecule has 4 rings (SSSR count). The van der Waals surface area contributed by atoms with E-state index in [4.69, 9.17) is 14.9 Å². The van der Waals surface area contributed by atoms with Crippen LogP contribution in [0.15, 0.2) is 67.0 Å². The van der Waals surface area contributed by atoms with Crippen molar-refractivity contribution in [3.63, 3.8) is 0 Å². The van der Waals surface area contributed by atoms with Crippen LogP contribution in [0.5, 0.6) is 17.2 Å². The SMILES string of the molecule is COc1cc(Nc2ncnc(N(CC(=O)O)c3ccc(NCc4ccccc4)c(C=N)c3)n2)cc(O)c1OC. The number of carboxylic acids is 1. The van der Waals surface area contributed by atoms with E-state index in [1.54, 1.807) is 24.3 Å². The van der Waals surface area contributed by atoms with Crippen LogP contribution in [0.1, 0.15) is 11.1 Å². The highest BCUT2D eigenvalue weighted by Gasteiger charge is 2.19. The van der Waals surface area contributed by atoms with Crippen LogP contribution in [0.2, 0.25) is 0 Å². The van der Waals surface area contributed by atoms with Crippen LogP contribution >= 0.6 is 0 Å². The van der Waals surface area contributed by atoms with Crippen molar-refractivity contribution in [1.29, 1.82) is 5.41 Å². The minimum absolute atomic E-state index is 0.0699. The van der Waals surface area contributed by atoms with Gasteiger partial charge in [0.2, 0.25) is 17.6 Å². The molecule has 39 heavy (non-hydrogen) atoms. The number of phenolic OH excluding ortho intramolecular Hbond substituents is 1. The maximum absolute atomic E-state index is 11.7. The predicted molar refractivity (Wildman–Crippen MR) is 147 cm³/mol. The summed E-state index contributed by atoms with van der Waals surface area (Å²) in [6.45, 7) is 0.128. The summed E-state index contributed by atoms with van der Waals surface area (Å²) < 4.78 is 10.4. The van der Waals surface area contributed by atoms with E-state index in [-0.39, 0.29) is 23.4 Å². The third-order valence-electron chi connectivity index (χ3n) is 5.64. The smallest absolute Gasteiger partial charge is 0.323 e. The van der Waals surface area contributed by atoms with Crippen LogP contribution in [-0.4, -0.2) is 58.1 Å². The number of phenols is 1. The average Bonchev–Trinajstić information content (AvgIpc) is 2.95. The maximum Gasteiger partial charge on any atom is 0.323 e. The molecule has 1 heterocycles. The summed E-state index contributed by atoms with van der Waals surface area (Å²) in [4.78, 5) is 25.8. The summed E-state index contributed by atoms with van der Waals surface area (Å²) in [5.74, 6) is -0.604. The third-order valence-corrected chi connectivity index (χ3v) is 5.64. The number of rotatable bonds is 12. The monoisotopic (exact) mass is 529 g/mol. The molecule has 12 heteroatoms. The molecule has 5 N–H and O–H groups in total. The predicted octanol–water partition coefficient (Wildman–Crippen LogP) is 4.17. The molecule has 1 aromatic heterocycles. The van der Waals surface area contributed by atoms with Crippen LogP contribution in [0, 0.1) is 5.41 Å². The number of anilines is 5. The van der Waals surface area contributed by atoms with E-state index >= 15 is 0 Å². The van der Waals surface area contributed by atoms with Crippen molar-refractivity contribution in [3.05, 3.63) is 78.1 Å². The molecule has 0 saturated heterocycles. The second-order valence-corrected chi connectivity index (χ2v) is 8.20. The zero-order valence-corrected chi connectivity index (χ0v) is 21.3. The van der Waals surface area contributed by atoms with E-state index in [1.807, 2.05) is 30.3 Å². The van der Waals surface area contributed by atoms with Gasteiger partial charge in [0, 0.05) is 47.5 Å². The molecule has 0 aliphatic heterocycles. The Morgan fingerprint density at radius 3 is 2.56 bits per heavy atom. The van der Waals surface area contributed by atoms with Crippen molar-refractivity contribution in [1.82, 2.24) is 15.0 Å². The van der Waals surface area contributed by atoms with Crippen LogP contribution in [-0.2, 0) is 11.3 Å². The van der Waals surface area contributed by atoms with Crippen LogP contribution in [0.3, 0.4) is 0 Å². The molecule has 3 aromatic carbocycles. The van der Waals surface area contributed by atoms with Crippen molar-refractivity contribution >= 4 is 41.1 Å². The number of nitrogens with zero attached hydrogens (tertiary/aromatic N) is 4. The van der Waals surface area contributed by atoms with Crippen molar-refractivity contribution in [2.45, 2.75) is 6.54 Å². The normalized spacial score (nSPS) is 10.4. The van der Waals surface area contributed by atoms with E-state index in [0.717, 1.165) is 11.3 Å². The maximum atomic E-state index is 11.7. The molecule has 0 fully saturated rings. The van der Waals surface area contributed by atoms with E-state index in [1.165, 1.54) is 37.7 Å². The highest BCUT2D eigenvalue weighted by atomic mass is 16.5. The lowest BCUT2D eigenvalue weighted by Crippen LogP contribution is -2.27. The van der Waals surface area contributed by atoms with Gasteiger partial charge in [-0.3, -0.25) is 9.69 Å². The number of carbonyl (C=O) groups is 1. The molecule has 0 amide bonds. The molecule has 0 aliphatic rings. The number of benzene rings is 3. The zero-order chi connectivity index (χ0) is 27.8. The largest absolute Gasteiger partial charge is 0.504 e. The highest BCUT2D eigenvalue weighted by Crippen LogP contribution is 2.39. The first-order valence-electron chi connectivity index (χ1n) is 11.7. The standard InChI is InChI=1S/C27H27N7O5/c1-38-23-12-19(11-22(35)25(23)39-2)32-26-30-16-31-27(33-26)34(15-24(36)37)20-8-9-21(18(10-20)13-28)29-14-17-6-4-3-5-7-17/h3-13,16,28-29,35H,14-15H2,1-2H3,(H,36,37)(H,30,31,32,33). The average molecular weight is 530 g/mol. The lowest BCUT2D eigenvalue weighted by atomic mass is 10.1. The Morgan fingerprint density at radius 1 is 1.08 bits per heavy atom. The first-order chi connectivity index (χ1) is 18.9. The fourth-order valence-corrected chi connectivity index (χ4v) is 3.83. The number of carboxylic acid groups (broad SMARTS) is 1. The fourth-order valence-electron chi connectivity index (χ4n) is 3.83. The number of aromatic nitrogens is 3. The molecule has 0 saturated carbocycles. The molecule has 12 nitrogen and oxygen atoms in total. The van der Waals surface area contributed by atoms with Gasteiger partial charge in [-0.25, -0.2) is 9.97 Å². The van der Waals surface area contributed by atoms with E-state index in [9.17, 15) is 15.0 Å². The summed E-state index contributed by atoms with van der Waals surface area (Å²) in [6.07, 6.45) is 2.44. The Hall–Kier alpha value is -5.39. The number of aromatic hydroxyl groups is 1. The van der Waals surface area contributed by atoms with E-state index < -0.39 is 12.5 Å². The van der Waals surface area contributed by atoms with Gasteiger partial charge in [-0.1, -0.05) is 30.3 Å². The van der Waals surface area contributed by atoms with Gasteiger partial charge in [-0.05, 0) is 23.8 Å². The van der Waals surface area contributed by atoms with E-state index in [0.29, 0.717) is 29.2 Å². The Kier molecular flexibility index (Phi) is 8.36. The fraction of sp³-hybridized carbons (Fsp3) is 0.148. The van der Waals surface area contributed by atoms with Gasteiger partial charge in [0.15, 0.2) is 11.5 Å². The molecule has 0 unspecified atom stereocenters. The summed E-state index contributed by atoms with van der Waals surface area (Å²) in [5.41, 5.74) is 3.25. The molecule has 0 atom stereocenters. The number of hydrogen-bond acceptors (Lipinski definition) is 11. The summed E-state index contributed by atoms with van der Waals surface area (Å²) >= 11 is 0. The molecule has 0 radical (unpaired) electrons.